The summed E-state index contributed by atoms with van der Waals surface area (Å²) in [5.74, 6) is -1.58. The highest BCUT2D eigenvalue weighted by Crippen LogP contribution is 2.23. The Balaban J connectivity index is 2.30. The van der Waals surface area contributed by atoms with Gasteiger partial charge in [0.25, 0.3) is 0 Å². The van der Waals surface area contributed by atoms with E-state index in [-0.39, 0.29) is 11.9 Å². The molecular weight excluding hydrogens is 343 g/mol. The molecule has 0 saturated carbocycles. The Morgan fingerprint density at radius 1 is 0.952 bits per heavy atom. The fraction of sp³-hybridized carbons (Fsp3) is 0.250. The number of rotatable bonds is 5. The predicted octanol–water partition coefficient (Wildman–Crippen LogP) is 4.76. The first-order chi connectivity index (χ1) is 9.97. The van der Waals surface area contributed by atoms with Crippen LogP contribution in [-0.2, 0) is 6.42 Å². The van der Waals surface area contributed by atoms with Gasteiger partial charge in [-0.25, -0.2) is 13.2 Å². The van der Waals surface area contributed by atoms with E-state index in [2.05, 4.69) is 21.2 Å². The third-order valence-corrected chi connectivity index (χ3v) is 3.56. The van der Waals surface area contributed by atoms with Gasteiger partial charge in [0.2, 0.25) is 0 Å². The number of likely N-dealkylation sites (N-methyl/N-ethyl adjacent to an activating group) is 1. The summed E-state index contributed by atoms with van der Waals surface area (Å²) in [6, 6.07) is 7.73. The summed E-state index contributed by atoms with van der Waals surface area (Å²) >= 11 is 3.24. The first-order valence-electron chi connectivity index (χ1n) is 6.62. The second-order valence-corrected chi connectivity index (χ2v) is 5.71. The van der Waals surface area contributed by atoms with Gasteiger partial charge in [-0.15, -0.1) is 0 Å². The van der Waals surface area contributed by atoms with Crippen LogP contribution >= 0.6 is 15.9 Å². The van der Waals surface area contributed by atoms with Crippen LogP contribution in [0.25, 0.3) is 0 Å². The highest BCUT2D eigenvalue weighted by atomic mass is 79.9. The van der Waals surface area contributed by atoms with Gasteiger partial charge in [0, 0.05) is 16.6 Å². The Kier molecular flexibility index (Phi) is 5.42. The fourth-order valence-electron chi connectivity index (χ4n) is 2.30. The third-order valence-electron chi connectivity index (χ3n) is 3.10. The van der Waals surface area contributed by atoms with Gasteiger partial charge in [-0.05, 0) is 54.4 Å². The van der Waals surface area contributed by atoms with Gasteiger partial charge in [0.05, 0.1) is 0 Å². The predicted molar refractivity (Wildman–Crippen MR) is 80.6 cm³/mol. The molecule has 0 aromatic heterocycles. The maximum absolute atomic E-state index is 13.4. The minimum atomic E-state index is -0.617. The lowest BCUT2D eigenvalue weighted by Gasteiger charge is -2.19. The molecule has 0 bridgehead atoms. The van der Waals surface area contributed by atoms with E-state index in [4.69, 9.17) is 0 Å². The molecule has 2 aromatic rings. The number of hydrogen-bond acceptors (Lipinski definition) is 1. The number of halogens is 4. The first kappa shape index (κ1) is 16.0. The topological polar surface area (TPSA) is 12.0 Å². The molecular formula is C16H15BrF3N. The highest BCUT2D eigenvalue weighted by Gasteiger charge is 2.14. The van der Waals surface area contributed by atoms with Crippen LogP contribution in [0.3, 0.4) is 0 Å². The maximum Gasteiger partial charge on any atom is 0.126 e. The second kappa shape index (κ2) is 7.09. The molecule has 5 heteroatoms. The largest absolute Gasteiger partial charge is 0.310 e. The Morgan fingerprint density at radius 3 is 2.14 bits per heavy atom. The third kappa shape index (κ3) is 4.58. The standard InChI is InChI=1S/C16H15BrF3N/c1-2-21-16(11-6-14(19)9-15(20)7-11)5-10-3-12(17)8-13(18)4-10/h3-4,6-9,16,21H,2,5H2,1H3. The van der Waals surface area contributed by atoms with Crippen LogP contribution in [0.1, 0.15) is 24.1 Å². The summed E-state index contributed by atoms with van der Waals surface area (Å²) in [7, 11) is 0. The van der Waals surface area contributed by atoms with Crippen molar-refractivity contribution in [3.63, 3.8) is 0 Å². The highest BCUT2D eigenvalue weighted by molar-refractivity contribution is 9.10. The quantitative estimate of drug-likeness (QED) is 0.813. The minimum Gasteiger partial charge on any atom is -0.310 e. The van der Waals surface area contributed by atoms with Crippen LogP contribution in [0.4, 0.5) is 13.2 Å². The summed E-state index contributed by atoms with van der Waals surface area (Å²) < 4.78 is 40.8. The van der Waals surface area contributed by atoms with E-state index in [1.54, 1.807) is 6.07 Å². The monoisotopic (exact) mass is 357 g/mol. The van der Waals surface area contributed by atoms with E-state index in [0.717, 1.165) is 11.6 Å². The van der Waals surface area contributed by atoms with E-state index in [9.17, 15) is 13.2 Å². The van der Waals surface area contributed by atoms with E-state index >= 15 is 0 Å². The van der Waals surface area contributed by atoms with Crippen LogP contribution < -0.4 is 5.32 Å². The fourth-order valence-corrected chi connectivity index (χ4v) is 2.81. The number of benzene rings is 2. The Hall–Kier alpha value is -1.33. The van der Waals surface area contributed by atoms with Crippen molar-refractivity contribution in [2.24, 2.45) is 0 Å². The normalized spacial score (nSPS) is 12.4. The molecule has 112 valence electrons. The molecule has 0 aliphatic heterocycles. The number of hydrogen-bond donors (Lipinski definition) is 1. The van der Waals surface area contributed by atoms with Crippen molar-refractivity contribution in [3.8, 4) is 0 Å². The van der Waals surface area contributed by atoms with E-state index in [1.165, 1.54) is 24.3 Å². The lowest BCUT2D eigenvalue weighted by molar-refractivity contribution is 0.527. The molecule has 1 nitrogen and oxygen atoms in total. The first-order valence-corrected chi connectivity index (χ1v) is 7.41. The summed E-state index contributed by atoms with van der Waals surface area (Å²) in [5, 5.41) is 3.17. The lowest BCUT2D eigenvalue weighted by Crippen LogP contribution is -2.23. The van der Waals surface area contributed by atoms with Gasteiger partial charge < -0.3 is 5.32 Å². The molecule has 0 saturated heterocycles. The second-order valence-electron chi connectivity index (χ2n) is 4.79. The smallest absolute Gasteiger partial charge is 0.126 e. The van der Waals surface area contributed by atoms with Crippen LogP contribution in [0.15, 0.2) is 40.9 Å². The molecule has 0 spiro atoms. The summed E-state index contributed by atoms with van der Waals surface area (Å²) in [6.45, 7) is 2.55. The molecule has 1 atom stereocenters. The molecule has 0 amide bonds. The summed E-state index contributed by atoms with van der Waals surface area (Å²) in [4.78, 5) is 0. The molecule has 0 fully saturated rings. The molecule has 0 aliphatic carbocycles. The van der Waals surface area contributed by atoms with Crippen molar-refractivity contribution < 1.29 is 13.2 Å². The summed E-state index contributed by atoms with van der Waals surface area (Å²) in [5.41, 5.74) is 1.26. The van der Waals surface area contributed by atoms with Crippen molar-refractivity contribution in [3.05, 3.63) is 69.4 Å². The zero-order chi connectivity index (χ0) is 15.4. The molecule has 0 aliphatic rings. The minimum absolute atomic E-state index is 0.283. The lowest BCUT2D eigenvalue weighted by atomic mass is 9.98. The average Bonchev–Trinajstić information content (AvgIpc) is 2.35. The van der Waals surface area contributed by atoms with Crippen molar-refractivity contribution in [1.29, 1.82) is 0 Å². The van der Waals surface area contributed by atoms with Crippen molar-refractivity contribution in [2.75, 3.05) is 6.54 Å². The van der Waals surface area contributed by atoms with Gasteiger partial charge in [-0.3, -0.25) is 0 Å². The van der Waals surface area contributed by atoms with Gasteiger partial charge in [-0.1, -0.05) is 22.9 Å². The Bertz CT molecular complexity index is 590. The Labute approximate surface area is 130 Å². The Morgan fingerprint density at radius 2 is 1.57 bits per heavy atom. The molecule has 0 heterocycles. The van der Waals surface area contributed by atoms with Crippen LogP contribution in [0.5, 0.6) is 0 Å². The zero-order valence-corrected chi connectivity index (χ0v) is 13.1. The van der Waals surface area contributed by atoms with Gasteiger partial charge in [0.1, 0.15) is 17.5 Å². The molecule has 1 unspecified atom stereocenters. The SMILES string of the molecule is CCNC(Cc1cc(F)cc(Br)c1)c1cc(F)cc(F)c1. The van der Waals surface area contributed by atoms with Gasteiger partial charge >= 0.3 is 0 Å². The molecule has 2 rings (SSSR count). The van der Waals surface area contributed by atoms with Crippen LogP contribution in [0, 0.1) is 17.5 Å². The molecule has 1 N–H and O–H groups in total. The molecule has 21 heavy (non-hydrogen) atoms. The van der Waals surface area contributed by atoms with Crippen LogP contribution in [-0.4, -0.2) is 6.54 Å². The van der Waals surface area contributed by atoms with Crippen molar-refractivity contribution >= 4 is 15.9 Å². The summed E-state index contributed by atoms with van der Waals surface area (Å²) in [6.07, 6.45) is 0.438. The average molecular weight is 358 g/mol. The van der Waals surface area contributed by atoms with Gasteiger partial charge in [0.15, 0.2) is 0 Å². The van der Waals surface area contributed by atoms with E-state index in [1.807, 2.05) is 6.92 Å². The van der Waals surface area contributed by atoms with Gasteiger partial charge in [-0.2, -0.15) is 0 Å². The molecule has 0 radical (unpaired) electrons. The van der Waals surface area contributed by atoms with Crippen molar-refractivity contribution in [2.45, 2.75) is 19.4 Å². The molecule has 2 aromatic carbocycles. The maximum atomic E-state index is 13.4. The van der Waals surface area contributed by atoms with E-state index < -0.39 is 11.6 Å². The number of nitrogens with one attached hydrogen (secondary N) is 1. The van der Waals surface area contributed by atoms with Crippen molar-refractivity contribution in [1.82, 2.24) is 5.32 Å². The van der Waals surface area contributed by atoms with E-state index in [0.29, 0.717) is 23.0 Å². The van der Waals surface area contributed by atoms with Crippen LogP contribution in [0.2, 0.25) is 0 Å². The zero-order valence-electron chi connectivity index (χ0n) is 11.5.